The summed E-state index contributed by atoms with van der Waals surface area (Å²) in [6.45, 7) is 1.16. The van der Waals surface area contributed by atoms with Crippen molar-refractivity contribution < 1.29 is 9.53 Å². The molecule has 6 nitrogen and oxygen atoms in total. The number of anilines is 2. The van der Waals surface area contributed by atoms with Crippen LogP contribution in [0.4, 0.5) is 11.5 Å². The summed E-state index contributed by atoms with van der Waals surface area (Å²) in [5.74, 6) is 0.332. The molecule has 0 aliphatic carbocycles. The Morgan fingerprint density at radius 1 is 1.23 bits per heavy atom. The van der Waals surface area contributed by atoms with Crippen LogP contribution >= 0.6 is 15.9 Å². The number of rotatable bonds is 7. The Labute approximate surface area is 137 Å². The molecule has 0 unspecified atom stereocenters. The molecule has 22 heavy (non-hydrogen) atoms. The summed E-state index contributed by atoms with van der Waals surface area (Å²) >= 11 is 3.45. The molecule has 0 saturated heterocycles. The highest BCUT2D eigenvalue weighted by molar-refractivity contribution is 9.10. The number of halogens is 1. The monoisotopic (exact) mass is 364 g/mol. The molecule has 0 spiro atoms. The molecule has 0 saturated carbocycles. The highest BCUT2D eigenvalue weighted by Gasteiger charge is 2.08. The van der Waals surface area contributed by atoms with E-state index in [9.17, 15) is 4.79 Å². The number of amides is 1. The Hall–Kier alpha value is -1.99. The van der Waals surface area contributed by atoms with E-state index in [0.717, 1.165) is 16.6 Å². The fourth-order valence-corrected chi connectivity index (χ4v) is 2.11. The van der Waals surface area contributed by atoms with E-state index in [2.05, 4.69) is 36.8 Å². The van der Waals surface area contributed by atoms with Gasteiger partial charge in [0.2, 0.25) is 0 Å². The first-order valence-corrected chi connectivity index (χ1v) is 7.62. The molecule has 2 rings (SSSR count). The van der Waals surface area contributed by atoms with Crippen LogP contribution < -0.4 is 10.6 Å². The van der Waals surface area contributed by atoms with Crippen molar-refractivity contribution in [2.75, 3.05) is 25.6 Å². The average Bonchev–Trinajstić information content (AvgIpc) is 2.54. The minimum atomic E-state index is -0.240. The largest absolute Gasteiger partial charge is 0.385 e. The van der Waals surface area contributed by atoms with E-state index < -0.39 is 0 Å². The lowest BCUT2D eigenvalue weighted by Gasteiger charge is -2.07. The highest BCUT2D eigenvalue weighted by Crippen LogP contribution is 2.23. The van der Waals surface area contributed by atoms with E-state index in [1.165, 1.54) is 0 Å². The summed E-state index contributed by atoms with van der Waals surface area (Å²) in [5.41, 5.74) is 1.17. The van der Waals surface area contributed by atoms with Crippen LogP contribution in [-0.4, -0.2) is 36.4 Å². The number of benzene rings is 1. The van der Waals surface area contributed by atoms with Crippen molar-refractivity contribution in [3.8, 4) is 0 Å². The molecule has 1 aromatic heterocycles. The molecular weight excluding hydrogens is 348 g/mol. The third kappa shape index (κ3) is 4.78. The Morgan fingerprint density at radius 2 is 2.05 bits per heavy atom. The van der Waals surface area contributed by atoms with Crippen LogP contribution in [0, 0.1) is 0 Å². The number of hydrogen-bond acceptors (Lipinski definition) is 5. The van der Waals surface area contributed by atoms with Gasteiger partial charge in [0.25, 0.3) is 5.91 Å². The predicted molar refractivity (Wildman–Crippen MR) is 88.3 cm³/mol. The van der Waals surface area contributed by atoms with Gasteiger partial charge in [0.1, 0.15) is 0 Å². The molecule has 0 radical (unpaired) electrons. The van der Waals surface area contributed by atoms with Gasteiger partial charge in [-0.2, -0.15) is 0 Å². The van der Waals surface area contributed by atoms with Gasteiger partial charge in [0, 0.05) is 24.7 Å². The maximum Gasteiger partial charge on any atom is 0.271 e. The summed E-state index contributed by atoms with van der Waals surface area (Å²) in [6, 6.07) is 11.1. The van der Waals surface area contributed by atoms with Crippen LogP contribution in [0.15, 0.2) is 40.9 Å². The molecule has 7 heteroatoms. The molecule has 0 bridgehead atoms. The molecule has 2 aromatic rings. The van der Waals surface area contributed by atoms with Crippen molar-refractivity contribution in [3.05, 3.63) is 46.6 Å². The Bertz CT molecular complexity index is 619. The van der Waals surface area contributed by atoms with Gasteiger partial charge in [0.15, 0.2) is 11.5 Å². The number of carbonyl (C=O) groups excluding carboxylic acids is 1. The third-order valence-electron chi connectivity index (χ3n) is 2.84. The van der Waals surface area contributed by atoms with Crippen molar-refractivity contribution >= 4 is 33.3 Å². The van der Waals surface area contributed by atoms with Gasteiger partial charge < -0.3 is 15.4 Å². The van der Waals surface area contributed by atoms with E-state index in [1.54, 1.807) is 19.2 Å². The van der Waals surface area contributed by atoms with E-state index in [0.29, 0.717) is 19.0 Å². The number of para-hydroxylation sites is 1. The molecular formula is C15H17BrN4O2. The van der Waals surface area contributed by atoms with Crippen molar-refractivity contribution in [1.29, 1.82) is 0 Å². The topological polar surface area (TPSA) is 76.1 Å². The minimum Gasteiger partial charge on any atom is -0.385 e. The lowest BCUT2D eigenvalue weighted by molar-refractivity contribution is 0.0942. The second kappa shape index (κ2) is 8.45. The van der Waals surface area contributed by atoms with Gasteiger partial charge in [-0.25, -0.2) is 0 Å². The number of ether oxygens (including phenoxy) is 1. The number of aromatic nitrogens is 2. The van der Waals surface area contributed by atoms with Crippen molar-refractivity contribution in [2.24, 2.45) is 0 Å². The van der Waals surface area contributed by atoms with Crippen LogP contribution in [0.1, 0.15) is 16.9 Å². The lowest BCUT2D eigenvalue weighted by atomic mass is 10.3. The molecule has 1 amide bonds. The highest BCUT2D eigenvalue weighted by atomic mass is 79.9. The van der Waals surface area contributed by atoms with Crippen molar-refractivity contribution in [2.45, 2.75) is 6.42 Å². The van der Waals surface area contributed by atoms with E-state index in [1.807, 2.05) is 24.3 Å². The zero-order valence-electron chi connectivity index (χ0n) is 12.2. The Balaban J connectivity index is 1.92. The fraction of sp³-hybridized carbons (Fsp3) is 0.267. The van der Waals surface area contributed by atoms with Crippen LogP contribution in [0.3, 0.4) is 0 Å². The molecule has 1 aromatic carbocycles. The van der Waals surface area contributed by atoms with Crippen LogP contribution in [-0.2, 0) is 4.74 Å². The zero-order valence-corrected chi connectivity index (χ0v) is 13.8. The number of hydrogen-bond donors (Lipinski definition) is 2. The van der Waals surface area contributed by atoms with Crippen LogP contribution in [0.2, 0.25) is 0 Å². The number of carbonyl (C=O) groups is 1. The van der Waals surface area contributed by atoms with Gasteiger partial charge in [-0.15, -0.1) is 10.2 Å². The van der Waals surface area contributed by atoms with Gasteiger partial charge in [-0.1, -0.05) is 12.1 Å². The lowest BCUT2D eigenvalue weighted by Crippen LogP contribution is -2.26. The quantitative estimate of drug-likeness (QED) is 0.738. The van der Waals surface area contributed by atoms with Crippen LogP contribution in [0.25, 0.3) is 0 Å². The normalized spacial score (nSPS) is 10.3. The zero-order chi connectivity index (χ0) is 15.8. The molecule has 0 atom stereocenters. The molecule has 1 heterocycles. The first kappa shape index (κ1) is 16.4. The second-order valence-electron chi connectivity index (χ2n) is 4.51. The minimum absolute atomic E-state index is 0.240. The van der Waals surface area contributed by atoms with E-state index >= 15 is 0 Å². The van der Waals surface area contributed by atoms with Gasteiger partial charge in [-0.3, -0.25) is 4.79 Å². The molecule has 0 aliphatic rings. The van der Waals surface area contributed by atoms with Gasteiger partial charge >= 0.3 is 0 Å². The molecule has 116 valence electrons. The Kier molecular flexibility index (Phi) is 6.29. The fourth-order valence-electron chi connectivity index (χ4n) is 1.73. The van der Waals surface area contributed by atoms with Gasteiger partial charge in [0.05, 0.1) is 5.69 Å². The van der Waals surface area contributed by atoms with E-state index in [4.69, 9.17) is 4.74 Å². The summed E-state index contributed by atoms with van der Waals surface area (Å²) in [6.07, 6.45) is 0.761. The van der Waals surface area contributed by atoms with Crippen LogP contribution in [0.5, 0.6) is 0 Å². The summed E-state index contributed by atoms with van der Waals surface area (Å²) in [4.78, 5) is 11.8. The predicted octanol–water partition coefficient (Wildman–Crippen LogP) is 2.75. The summed E-state index contributed by atoms with van der Waals surface area (Å²) in [5, 5.41) is 13.8. The maximum absolute atomic E-state index is 11.8. The Morgan fingerprint density at radius 3 is 2.73 bits per heavy atom. The number of methoxy groups -OCH3 is 1. The second-order valence-corrected chi connectivity index (χ2v) is 5.37. The maximum atomic E-state index is 11.8. The molecule has 2 N–H and O–H groups in total. The van der Waals surface area contributed by atoms with Gasteiger partial charge in [-0.05, 0) is 46.6 Å². The first-order chi connectivity index (χ1) is 10.7. The molecule has 0 fully saturated rings. The molecule has 0 aliphatic heterocycles. The SMILES string of the molecule is COCCCNC(=O)c1ccc(Nc2ccccc2Br)nn1. The van der Waals surface area contributed by atoms with Crippen molar-refractivity contribution in [1.82, 2.24) is 15.5 Å². The van der Waals surface area contributed by atoms with Crippen molar-refractivity contribution in [3.63, 3.8) is 0 Å². The summed E-state index contributed by atoms with van der Waals surface area (Å²) in [7, 11) is 1.63. The first-order valence-electron chi connectivity index (χ1n) is 6.83. The van der Waals surface area contributed by atoms with E-state index in [-0.39, 0.29) is 11.6 Å². The number of nitrogens with one attached hydrogen (secondary N) is 2. The smallest absolute Gasteiger partial charge is 0.271 e. The third-order valence-corrected chi connectivity index (χ3v) is 3.54. The summed E-state index contributed by atoms with van der Waals surface area (Å²) < 4.78 is 5.85. The number of nitrogens with zero attached hydrogens (tertiary/aromatic N) is 2. The average molecular weight is 365 g/mol. The standard InChI is InChI=1S/C15H17BrN4O2/c1-22-10-4-9-17-15(21)13-7-8-14(20-19-13)18-12-6-3-2-5-11(12)16/h2-3,5-8H,4,9-10H2,1H3,(H,17,21)(H,18,20).